The van der Waals surface area contributed by atoms with Gasteiger partial charge in [0.05, 0.1) is 5.52 Å². The number of hydrazine groups is 1. The fraction of sp³-hybridized carbons (Fsp3) is 0.429. The molecule has 102 valence electrons. The first-order valence-electron chi connectivity index (χ1n) is 6.63. The second kappa shape index (κ2) is 5.84. The fourth-order valence-corrected chi connectivity index (χ4v) is 2.21. The lowest BCUT2D eigenvalue weighted by molar-refractivity contribution is 0.612. The van der Waals surface area contributed by atoms with Crippen LogP contribution in [0.5, 0.6) is 0 Å². The van der Waals surface area contributed by atoms with Crippen LogP contribution in [-0.2, 0) is 0 Å². The van der Waals surface area contributed by atoms with Crippen LogP contribution in [0.3, 0.4) is 0 Å². The molecule has 1 unspecified atom stereocenters. The van der Waals surface area contributed by atoms with Gasteiger partial charge in [-0.15, -0.1) is 0 Å². The Morgan fingerprint density at radius 3 is 2.74 bits per heavy atom. The van der Waals surface area contributed by atoms with Crippen LogP contribution < -0.4 is 16.2 Å². The Morgan fingerprint density at radius 2 is 2.05 bits per heavy atom. The van der Waals surface area contributed by atoms with Crippen molar-refractivity contribution in [3.8, 4) is 0 Å². The molecule has 19 heavy (non-hydrogen) atoms. The van der Waals surface area contributed by atoms with Crippen LogP contribution in [-0.4, -0.2) is 23.1 Å². The topological polar surface area (TPSA) is 67.1 Å². The summed E-state index contributed by atoms with van der Waals surface area (Å²) in [7, 11) is 2.06. The number of nitrogen functional groups attached to an aromatic ring is 1. The maximum absolute atomic E-state index is 5.45. The zero-order valence-corrected chi connectivity index (χ0v) is 11.7. The smallest absolute Gasteiger partial charge is 0.239 e. The molecule has 3 N–H and O–H groups in total. The van der Waals surface area contributed by atoms with Gasteiger partial charge in [-0.3, -0.25) is 5.43 Å². The third kappa shape index (κ3) is 2.76. The SMILES string of the molecule is CCCC(C)N(C)c1nc(NN)nc2ccccc12. The van der Waals surface area contributed by atoms with Crippen molar-refractivity contribution in [2.75, 3.05) is 17.4 Å². The van der Waals surface area contributed by atoms with Gasteiger partial charge in [-0.1, -0.05) is 25.5 Å². The summed E-state index contributed by atoms with van der Waals surface area (Å²) in [6, 6.07) is 8.41. The maximum atomic E-state index is 5.45. The van der Waals surface area contributed by atoms with Crippen LogP contribution in [0.15, 0.2) is 24.3 Å². The van der Waals surface area contributed by atoms with E-state index in [9.17, 15) is 0 Å². The number of anilines is 2. The van der Waals surface area contributed by atoms with E-state index in [4.69, 9.17) is 5.84 Å². The lowest BCUT2D eigenvalue weighted by Crippen LogP contribution is -2.30. The average Bonchev–Trinajstić information content (AvgIpc) is 2.45. The molecule has 1 heterocycles. The third-order valence-electron chi connectivity index (χ3n) is 3.41. The lowest BCUT2D eigenvalue weighted by atomic mass is 10.1. The molecule has 0 saturated heterocycles. The zero-order chi connectivity index (χ0) is 13.8. The van der Waals surface area contributed by atoms with Crippen molar-refractivity contribution in [3.63, 3.8) is 0 Å². The van der Waals surface area contributed by atoms with Crippen LogP contribution in [0.1, 0.15) is 26.7 Å². The number of hydrogen-bond acceptors (Lipinski definition) is 5. The Labute approximate surface area is 113 Å². The number of nitrogens with two attached hydrogens (primary N) is 1. The zero-order valence-electron chi connectivity index (χ0n) is 11.7. The van der Waals surface area contributed by atoms with Gasteiger partial charge in [-0.05, 0) is 25.5 Å². The molecule has 2 rings (SSSR count). The molecule has 0 aliphatic carbocycles. The molecule has 0 aliphatic heterocycles. The van der Waals surface area contributed by atoms with Gasteiger partial charge in [0.2, 0.25) is 5.95 Å². The Morgan fingerprint density at radius 1 is 1.32 bits per heavy atom. The number of hydrogen-bond donors (Lipinski definition) is 2. The number of nitrogens with zero attached hydrogens (tertiary/aromatic N) is 3. The van der Waals surface area contributed by atoms with Crippen molar-refractivity contribution in [2.45, 2.75) is 32.7 Å². The molecule has 1 aromatic carbocycles. The Kier molecular flexibility index (Phi) is 4.16. The van der Waals surface area contributed by atoms with E-state index in [1.165, 1.54) is 0 Å². The number of fused-ring (bicyclic) bond motifs is 1. The normalized spacial score (nSPS) is 12.4. The molecular weight excluding hydrogens is 238 g/mol. The lowest BCUT2D eigenvalue weighted by Gasteiger charge is -2.27. The molecule has 5 nitrogen and oxygen atoms in total. The van der Waals surface area contributed by atoms with E-state index in [1.807, 2.05) is 24.3 Å². The molecule has 0 amide bonds. The van der Waals surface area contributed by atoms with Crippen molar-refractivity contribution in [1.82, 2.24) is 9.97 Å². The number of nitrogens with one attached hydrogen (secondary N) is 1. The molecule has 0 bridgehead atoms. The highest BCUT2D eigenvalue weighted by molar-refractivity contribution is 5.90. The molecule has 5 heteroatoms. The van der Waals surface area contributed by atoms with Crippen molar-refractivity contribution in [2.24, 2.45) is 5.84 Å². The summed E-state index contributed by atoms with van der Waals surface area (Å²) >= 11 is 0. The minimum Gasteiger partial charge on any atom is -0.356 e. The van der Waals surface area contributed by atoms with E-state index < -0.39 is 0 Å². The Balaban J connectivity index is 2.51. The summed E-state index contributed by atoms with van der Waals surface area (Å²) in [5.74, 6) is 6.82. The van der Waals surface area contributed by atoms with E-state index in [-0.39, 0.29) is 0 Å². The molecule has 0 aliphatic rings. The average molecular weight is 259 g/mol. The summed E-state index contributed by atoms with van der Waals surface area (Å²) < 4.78 is 0. The highest BCUT2D eigenvalue weighted by Crippen LogP contribution is 2.26. The second-order valence-corrected chi connectivity index (χ2v) is 4.78. The van der Waals surface area contributed by atoms with Crippen LogP contribution in [0.25, 0.3) is 10.9 Å². The van der Waals surface area contributed by atoms with Gasteiger partial charge in [0, 0.05) is 18.5 Å². The van der Waals surface area contributed by atoms with Crippen molar-refractivity contribution < 1.29 is 0 Å². The first-order chi connectivity index (χ1) is 9.17. The van der Waals surface area contributed by atoms with E-state index in [0.29, 0.717) is 12.0 Å². The van der Waals surface area contributed by atoms with Gasteiger partial charge in [0.1, 0.15) is 5.82 Å². The standard InChI is InChI=1S/C14H21N5/c1-4-7-10(2)19(3)13-11-8-5-6-9-12(11)16-14(17-13)18-15/h5-6,8-10H,4,7,15H2,1-3H3,(H,16,17,18). The molecule has 0 spiro atoms. The number of rotatable bonds is 5. The number of aromatic nitrogens is 2. The van der Waals surface area contributed by atoms with Crippen molar-refractivity contribution in [1.29, 1.82) is 0 Å². The van der Waals surface area contributed by atoms with Crippen LogP contribution >= 0.6 is 0 Å². The highest BCUT2D eigenvalue weighted by Gasteiger charge is 2.15. The first-order valence-corrected chi connectivity index (χ1v) is 6.63. The molecule has 2 aromatic rings. The Hall–Kier alpha value is -1.88. The summed E-state index contributed by atoms with van der Waals surface area (Å²) in [5.41, 5.74) is 3.44. The third-order valence-corrected chi connectivity index (χ3v) is 3.41. The monoisotopic (exact) mass is 259 g/mol. The molecule has 0 fully saturated rings. The van der Waals surface area contributed by atoms with Gasteiger partial charge < -0.3 is 4.90 Å². The van der Waals surface area contributed by atoms with E-state index in [1.54, 1.807) is 0 Å². The number of benzene rings is 1. The fourth-order valence-electron chi connectivity index (χ4n) is 2.21. The van der Waals surface area contributed by atoms with E-state index in [2.05, 4.69) is 41.2 Å². The van der Waals surface area contributed by atoms with Crippen LogP contribution in [0.2, 0.25) is 0 Å². The van der Waals surface area contributed by atoms with Crippen molar-refractivity contribution >= 4 is 22.7 Å². The van der Waals surface area contributed by atoms with Crippen LogP contribution in [0, 0.1) is 0 Å². The molecule has 1 atom stereocenters. The van der Waals surface area contributed by atoms with Crippen molar-refractivity contribution in [3.05, 3.63) is 24.3 Å². The molecule has 0 saturated carbocycles. The van der Waals surface area contributed by atoms with Gasteiger partial charge in [-0.2, -0.15) is 4.98 Å². The number of para-hydroxylation sites is 1. The summed E-state index contributed by atoms with van der Waals surface area (Å²) in [4.78, 5) is 11.1. The second-order valence-electron chi connectivity index (χ2n) is 4.78. The van der Waals surface area contributed by atoms with E-state index in [0.717, 1.165) is 29.6 Å². The molecule has 1 aromatic heterocycles. The largest absolute Gasteiger partial charge is 0.356 e. The molecular formula is C14H21N5. The minimum atomic E-state index is 0.425. The summed E-state index contributed by atoms with van der Waals surface area (Å²) in [5, 5.41) is 1.05. The molecule has 0 radical (unpaired) electrons. The predicted octanol–water partition coefficient (Wildman–Crippen LogP) is 2.54. The van der Waals surface area contributed by atoms with Crippen LogP contribution in [0.4, 0.5) is 11.8 Å². The van der Waals surface area contributed by atoms with Gasteiger partial charge >= 0.3 is 0 Å². The quantitative estimate of drug-likeness (QED) is 0.638. The van der Waals surface area contributed by atoms with Gasteiger partial charge in [0.15, 0.2) is 0 Å². The highest BCUT2D eigenvalue weighted by atomic mass is 15.3. The summed E-state index contributed by atoms with van der Waals surface area (Å²) in [6.07, 6.45) is 2.27. The predicted molar refractivity (Wildman–Crippen MR) is 80.1 cm³/mol. The maximum Gasteiger partial charge on any atom is 0.239 e. The van der Waals surface area contributed by atoms with Gasteiger partial charge in [-0.25, -0.2) is 10.8 Å². The Bertz CT molecular complexity index is 555. The first kappa shape index (κ1) is 13.5. The van der Waals surface area contributed by atoms with Gasteiger partial charge in [0.25, 0.3) is 0 Å². The van der Waals surface area contributed by atoms with E-state index >= 15 is 0 Å². The summed E-state index contributed by atoms with van der Waals surface area (Å²) in [6.45, 7) is 4.39. The minimum absolute atomic E-state index is 0.425.